The van der Waals surface area contributed by atoms with Crippen molar-refractivity contribution in [2.24, 2.45) is 5.92 Å². The van der Waals surface area contributed by atoms with Crippen LogP contribution in [0.2, 0.25) is 0 Å². The first-order valence-electron chi connectivity index (χ1n) is 12.3. The minimum Gasteiger partial charge on any atom is -0.493 e. The lowest BCUT2D eigenvalue weighted by atomic mass is 9.98. The number of ether oxygens (including phenoxy) is 3. The molecule has 7 nitrogen and oxygen atoms in total. The third kappa shape index (κ3) is 5.21. The van der Waals surface area contributed by atoms with Crippen molar-refractivity contribution in [3.63, 3.8) is 0 Å². The number of hydrogen-bond donors (Lipinski definition) is 1. The van der Waals surface area contributed by atoms with Crippen LogP contribution >= 0.6 is 0 Å². The van der Waals surface area contributed by atoms with Crippen LogP contribution in [0.3, 0.4) is 0 Å². The van der Waals surface area contributed by atoms with Gasteiger partial charge in [-0.2, -0.15) is 0 Å². The molecule has 0 saturated carbocycles. The average Bonchev–Trinajstić information content (AvgIpc) is 2.88. The van der Waals surface area contributed by atoms with Crippen LogP contribution < -0.4 is 19.9 Å². The molecule has 0 bridgehead atoms. The molecule has 5 rings (SSSR count). The third-order valence-corrected chi connectivity index (χ3v) is 6.74. The quantitative estimate of drug-likeness (QED) is 0.360. The van der Waals surface area contributed by atoms with Crippen LogP contribution in [0.15, 0.2) is 60.7 Å². The van der Waals surface area contributed by atoms with E-state index in [1.165, 1.54) is 0 Å². The number of nitrogen functional groups attached to an aromatic ring is 1. The van der Waals surface area contributed by atoms with Crippen LogP contribution in [0.25, 0.3) is 22.3 Å². The second-order valence-electron chi connectivity index (χ2n) is 9.40. The standard InChI is InChI=1S/C29H32N4O3/c1-19-15-22(36-21-7-5-4-6-8-21)9-10-23(19)29-31-25-17-27(26(34-3)16-24(25)28(30)32-29)35-18-20-11-13-33(2)14-12-20/h4-10,15-17,20H,11-14,18H2,1-3H3,(H2,30,31,32). The van der Waals surface area contributed by atoms with Gasteiger partial charge in [-0.25, -0.2) is 9.97 Å². The zero-order valence-corrected chi connectivity index (χ0v) is 21.0. The fraction of sp³-hybridized carbons (Fsp3) is 0.310. The van der Waals surface area contributed by atoms with Crippen molar-refractivity contribution < 1.29 is 14.2 Å². The van der Waals surface area contributed by atoms with Crippen LogP contribution in [0.4, 0.5) is 5.82 Å². The first-order chi connectivity index (χ1) is 17.5. The number of para-hydroxylation sites is 1. The van der Waals surface area contributed by atoms with Gasteiger partial charge < -0.3 is 24.8 Å². The summed E-state index contributed by atoms with van der Waals surface area (Å²) in [7, 11) is 3.80. The number of aryl methyl sites for hydroxylation is 1. The molecule has 186 valence electrons. The molecule has 0 amide bonds. The molecule has 36 heavy (non-hydrogen) atoms. The molecule has 1 aliphatic heterocycles. The Bertz CT molecular complexity index is 1350. The number of likely N-dealkylation sites (tertiary alicyclic amines) is 1. The van der Waals surface area contributed by atoms with E-state index < -0.39 is 0 Å². The molecular formula is C29H32N4O3. The Morgan fingerprint density at radius 1 is 0.944 bits per heavy atom. The van der Waals surface area contributed by atoms with Gasteiger partial charge in [0.15, 0.2) is 17.3 Å². The molecule has 0 atom stereocenters. The number of piperidine rings is 1. The van der Waals surface area contributed by atoms with Crippen molar-refractivity contribution in [1.29, 1.82) is 0 Å². The minimum absolute atomic E-state index is 0.402. The molecule has 0 spiro atoms. The molecule has 3 aromatic carbocycles. The lowest BCUT2D eigenvalue weighted by Gasteiger charge is -2.28. The van der Waals surface area contributed by atoms with Crippen molar-refractivity contribution >= 4 is 16.7 Å². The lowest BCUT2D eigenvalue weighted by molar-refractivity contribution is 0.157. The number of nitrogens with zero attached hydrogens (tertiary/aromatic N) is 3. The van der Waals surface area contributed by atoms with Gasteiger partial charge in [0, 0.05) is 17.0 Å². The molecule has 1 aliphatic rings. The van der Waals surface area contributed by atoms with Gasteiger partial charge in [0.2, 0.25) is 0 Å². The van der Waals surface area contributed by atoms with Crippen LogP contribution in [0.1, 0.15) is 18.4 Å². The first-order valence-corrected chi connectivity index (χ1v) is 12.3. The van der Waals surface area contributed by atoms with Crippen molar-refractivity contribution in [1.82, 2.24) is 14.9 Å². The third-order valence-electron chi connectivity index (χ3n) is 6.74. The fourth-order valence-corrected chi connectivity index (χ4v) is 4.56. The highest BCUT2D eigenvalue weighted by molar-refractivity contribution is 5.92. The first kappa shape index (κ1) is 23.9. The van der Waals surface area contributed by atoms with E-state index in [4.69, 9.17) is 24.9 Å². The lowest BCUT2D eigenvalue weighted by Crippen LogP contribution is -2.32. The summed E-state index contributed by atoms with van der Waals surface area (Å²) in [6, 6.07) is 19.4. The van der Waals surface area contributed by atoms with Gasteiger partial charge in [0.25, 0.3) is 0 Å². The minimum atomic E-state index is 0.402. The number of nitrogens with two attached hydrogens (primary N) is 1. The summed E-state index contributed by atoms with van der Waals surface area (Å²) in [5.74, 6) is 4.36. The Kier molecular flexibility index (Phi) is 6.91. The van der Waals surface area contributed by atoms with E-state index in [-0.39, 0.29) is 0 Å². The molecule has 0 radical (unpaired) electrons. The molecule has 0 unspecified atom stereocenters. The summed E-state index contributed by atoms with van der Waals surface area (Å²) >= 11 is 0. The van der Waals surface area contributed by atoms with Crippen LogP contribution in [0.5, 0.6) is 23.0 Å². The topological polar surface area (TPSA) is 82.7 Å². The summed E-state index contributed by atoms with van der Waals surface area (Å²) in [5, 5.41) is 0.740. The SMILES string of the molecule is COc1cc2c(N)nc(-c3ccc(Oc4ccccc4)cc3C)nc2cc1OCC1CCN(C)CC1. The van der Waals surface area contributed by atoms with Gasteiger partial charge in [-0.3, -0.25) is 0 Å². The second kappa shape index (κ2) is 10.4. The van der Waals surface area contributed by atoms with E-state index in [1.54, 1.807) is 7.11 Å². The highest BCUT2D eigenvalue weighted by Crippen LogP contribution is 2.36. The summed E-state index contributed by atoms with van der Waals surface area (Å²) in [6.45, 7) is 4.88. The van der Waals surface area contributed by atoms with Crippen molar-refractivity contribution in [3.8, 4) is 34.4 Å². The summed E-state index contributed by atoms with van der Waals surface area (Å²) in [4.78, 5) is 11.8. The Balaban J connectivity index is 1.42. The van der Waals surface area contributed by atoms with Gasteiger partial charge in [-0.15, -0.1) is 0 Å². The molecule has 1 fully saturated rings. The number of fused-ring (bicyclic) bond motifs is 1. The van der Waals surface area contributed by atoms with Crippen molar-refractivity contribution in [2.45, 2.75) is 19.8 Å². The number of aromatic nitrogens is 2. The van der Waals surface area contributed by atoms with E-state index in [0.29, 0.717) is 35.7 Å². The normalized spacial score (nSPS) is 14.6. The fourth-order valence-electron chi connectivity index (χ4n) is 4.56. The number of hydrogen-bond acceptors (Lipinski definition) is 7. The van der Waals surface area contributed by atoms with E-state index >= 15 is 0 Å². The summed E-state index contributed by atoms with van der Waals surface area (Å²) < 4.78 is 17.8. The van der Waals surface area contributed by atoms with Crippen LogP contribution in [-0.2, 0) is 0 Å². The number of benzene rings is 3. The van der Waals surface area contributed by atoms with Crippen molar-refractivity contribution in [2.75, 3.05) is 39.6 Å². The smallest absolute Gasteiger partial charge is 0.163 e. The largest absolute Gasteiger partial charge is 0.493 e. The van der Waals surface area contributed by atoms with E-state index in [0.717, 1.165) is 59.5 Å². The van der Waals surface area contributed by atoms with Gasteiger partial charge in [-0.1, -0.05) is 18.2 Å². The number of rotatable bonds is 7. The number of anilines is 1. The zero-order chi connectivity index (χ0) is 25.1. The Morgan fingerprint density at radius 2 is 1.72 bits per heavy atom. The maximum absolute atomic E-state index is 6.38. The molecule has 0 aliphatic carbocycles. The van der Waals surface area contributed by atoms with E-state index in [9.17, 15) is 0 Å². The Labute approximate surface area is 211 Å². The molecule has 1 saturated heterocycles. The molecule has 2 heterocycles. The predicted molar refractivity (Wildman–Crippen MR) is 143 cm³/mol. The second-order valence-corrected chi connectivity index (χ2v) is 9.40. The highest BCUT2D eigenvalue weighted by Gasteiger charge is 2.19. The monoisotopic (exact) mass is 484 g/mol. The molecule has 7 heteroatoms. The maximum Gasteiger partial charge on any atom is 0.163 e. The highest BCUT2D eigenvalue weighted by atomic mass is 16.5. The summed E-state index contributed by atoms with van der Waals surface area (Å²) in [6.07, 6.45) is 2.27. The summed E-state index contributed by atoms with van der Waals surface area (Å²) in [5.41, 5.74) is 8.99. The maximum atomic E-state index is 6.38. The Hall–Kier alpha value is -3.84. The molecule has 4 aromatic rings. The zero-order valence-electron chi connectivity index (χ0n) is 21.0. The van der Waals surface area contributed by atoms with Crippen molar-refractivity contribution in [3.05, 3.63) is 66.2 Å². The van der Waals surface area contributed by atoms with Crippen LogP contribution in [-0.4, -0.2) is 48.7 Å². The van der Waals surface area contributed by atoms with Gasteiger partial charge >= 0.3 is 0 Å². The van der Waals surface area contributed by atoms with Gasteiger partial charge in [-0.05, 0) is 87.8 Å². The van der Waals surface area contributed by atoms with E-state index in [1.807, 2.05) is 67.6 Å². The molecular weight excluding hydrogens is 452 g/mol. The average molecular weight is 485 g/mol. The number of methoxy groups -OCH3 is 1. The van der Waals surface area contributed by atoms with Gasteiger partial charge in [0.05, 0.1) is 19.2 Å². The van der Waals surface area contributed by atoms with Gasteiger partial charge in [0.1, 0.15) is 17.3 Å². The molecule has 1 aromatic heterocycles. The molecule has 2 N–H and O–H groups in total. The Morgan fingerprint density at radius 3 is 2.44 bits per heavy atom. The van der Waals surface area contributed by atoms with Crippen LogP contribution in [0, 0.1) is 12.8 Å². The van der Waals surface area contributed by atoms with E-state index in [2.05, 4.69) is 16.9 Å². The predicted octanol–water partition coefficient (Wildman–Crippen LogP) is 5.71.